The molecule has 156 valence electrons. The molecule has 1 amide bonds. The Morgan fingerprint density at radius 2 is 1.97 bits per heavy atom. The normalized spacial score (nSPS) is 10.4. The molecule has 30 heavy (non-hydrogen) atoms. The third-order valence-corrected chi connectivity index (χ3v) is 5.08. The molecule has 0 fully saturated rings. The van der Waals surface area contributed by atoms with Crippen LogP contribution in [-0.2, 0) is 4.79 Å². The fourth-order valence-electron chi connectivity index (χ4n) is 2.69. The molecule has 1 heterocycles. The van der Waals surface area contributed by atoms with Crippen LogP contribution in [0.2, 0.25) is 0 Å². The lowest BCUT2D eigenvalue weighted by atomic mass is 10.1. The molecular formula is C21H20FN3O3S2. The van der Waals surface area contributed by atoms with Crippen molar-refractivity contribution < 1.29 is 18.7 Å². The molecule has 0 bridgehead atoms. The minimum absolute atomic E-state index is 0.103. The van der Waals surface area contributed by atoms with Gasteiger partial charge in [-0.15, -0.1) is 11.3 Å². The summed E-state index contributed by atoms with van der Waals surface area (Å²) < 4.78 is 24.3. The zero-order chi connectivity index (χ0) is 21.7. The highest BCUT2D eigenvalue weighted by molar-refractivity contribution is 7.80. The van der Waals surface area contributed by atoms with Gasteiger partial charge >= 0.3 is 0 Å². The number of nitrogens with zero attached hydrogens (tertiary/aromatic N) is 1. The number of aryl methyl sites for hydroxylation is 2. The SMILES string of the molecule is COc1ccc(-c2csc(NC(=S)NC(=O)COc3ccc(C)cc3C)n2)cc1F. The van der Waals surface area contributed by atoms with E-state index in [0.29, 0.717) is 22.1 Å². The molecule has 0 aliphatic carbocycles. The molecule has 0 aliphatic rings. The number of nitrogens with one attached hydrogen (secondary N) is 2. The van der Waals surface area contributed by atoms with Gasteiger partial charge in [0.25, 0.3) is 5.91 Å². The van der Waals surface area contributed by atoms with Crippen LogP contribution in [0, 0.1) is 19.7 Å². The fraction of sp³-hybridized carbons (Fsp3) is 0.190. The highest BCUT2D eigenvalue weighted by atomic mass is 32.1. The Labute approximate surface area is 183 Å². The fourth-order valence-corrected chi connectivity index (χ4v) is 3.68. The summed E-state index contributed by atoms with van der Waals surface area (Å²) >= 11 is 6.44. The van der Waals surface area contributed by atoms with E-state index in [4.69, 9.17) is 21.7 Å². The largest absolute Gasteiger partial charge is 0.494 e. The van der Waals surface area contributed by atoms with Crippen molar-refractivity contribution in [3.05, 3.63) is 58.7 Å². The van der Waals surface area contributed by atoms with Crippen molar-refractivity contribution >= 4 is 39.7 Å². The number of hydrogen-bond acceptors (Lipinski definition) is 6. The van der Waals surface area contributed by atoms with E-state index in [1.807, 2.05) is 32.0 Å². The molecule has 0 aliphatic heterocycles. The van der Waals surface area contributed by atoms with E-state index in [1.54, 1.807) is 11.4 Å². The first kappa shape index (κ1) is 21.7. The minimum atomic E-state index is -0.468. The van der Waals surface area contributed by atoms with Crippen LogP contribution in [0.1, 0.15) is 11.1 Å². The highest BCUT2D eigenvalue weighted by Gasteiger charge is 2.11. The van der Waals surface area contributed by atoms with Crippen molar-refractivity contribution in [2.45, 2.75) is 13.8 Å². The van der Waals surface area contributed by atoms with Crippen molar-refractivity contribution in [1.82, 2.24) is 10.3 Å². The molecule has 2 N–H and O–H groups in total. The number of benzene rings is 2. The summed E-state index contributed by atoms with van der Waals surface area (Å²) in [6, 6.07) is 10.3. The second kappa shape index (κ2) is 9.64. The zero-order valence-electron chi connectivity index (χ0n) is 16.6. The van der Waals surface area contributed by atoms with Crippen molar-refractivity contribution in [1.29, 1.82) is 0 Å². The predicted octanol–water partition coefficient (Wildman–Crippen LogP) is 4.47. The summed E-state index contributed by atoms with van der Waals surface area (Å²) in [5.41, 5.74) is 3.26. The van der Waals surface area contributed by atoms with Crippen LogP contribution in [0.5, 0.6) is 11.5 Å². The maximum Gasteiger partial charge on any atom is 0.264 e. The number of ether oxygens (including phenoxy) is 2. The molecule has 1 aromatic heterocycles. The van der Waals surface area contributed by atoms with E-state index in [1.165, 1.54) is 30.6 Å². The monoisotopic (exact) mass is 445 g/mol. The molecule has 3 aromatic rings. The van der Waals surface area contributed by atoms with Gasteiger partial charge in [0.05, 0.1) is 12.8 Å². The number of rotatable bonds is 6. The third kappa shape index (κ3) is 5.52. The van der Waals surface area contributed by atoms with Crippen LogP contribution in [-0.4, -0.2) is 29.7 Å². The van der Waals surface area contributed by atoms with E-state index in [-0.39, 0.29) is 23.4 Å². The standard InChI is InChI=1S/C21H20FN3O3S2/c1-12-4-6-17(13(2)8-12)28-10-19(26)24-20(29)25-21-23-16(11-30-21)14-5-7-18(27-3)15(22)9-14/h4-9,11H,10H2,1-3H3,(H2,23,24,25,26,29). The Hall–Kier alpha value is -3.04. The number of anilines is 1. The van der Waals surface area contributed by atoms with Crippen LogP contribution in [0.25, 0.3) is 11.3 Å². The van der Waals surface area contributed by atoms with E-state index >= 15 is 0 Å². The van der Waals surface area contributed by atoms with E-state index < -0.39 is 5.82 Å². The Morgan fingerprint density at radius 1 is 1.20 bits per heavy atom. The lowest BCUT2D eigenvalue weighted by Gasteiger charge is -2.10. The van der Waals surface area contributed by atoms with Gasteiger partial charge in [0, 0.05) is 10.9 Å². The number of thiazole rings is 1. The first-order chi connectivity index (χ1) is 14.4. The second-order valence-electron chi connectivity index (χ2n) is 6.45. The van der Waals surface area contributed by atoms with E-state index in [9.17, 15) is 9.18 Å². The van der Waals surface area contributed by atoms with Gasteiger partial charge in [-0.3, -0.25) is 10.1 Å². The highest BCUT2D eigenvalue weighted by Crippen LogP contribution is 2.28. The number of thiocarbonyl (C=S) groups is 1. The molecule has 6 nitrogen and oxygen atoms in total. The van der Waals surface area contributed by atoms with Gasteiger partial charge in [-0.25, -0.2) is 9.37 Å². The molecular weight excluding hydrogens is 425 g/mol. The molecule has 0 unspecified atom stereocenters. The van der Waals surface area contributed by atoms with Gasteiger partial charge in [0.2, 0.25) is 0 Å². The Bertz CT molecular complexity index is 1090. The topological polar surface area (TPSA) is 72.5 Å². The summed E-state index contributed by atoms with van der Waals surface area (Å²) in [6.45, 7) is 3.74. The number of carbonyl (C=O) groups excluding carboxylic acids is 1. The Balaban J connectivity index is 1.53. The van der Waals surface area contributed by atoms with Crippen molar-refractivity contribution in [2.75, 3.05) is 19.0 Å². The molecule has 0 radical (unpaired) electrons. The summed E-state index contributed by atoms with van der Waals surface area (Å²) in [7, 11) is 1.41. The lowest BCUT2D eigenvalue weighted by molar-refractivity contribution is -0.121. The van der Waals surface area contributed by atoms with Crippen molar-refractivity contribution in [3.63, 3.8) is 0 Å². The number of hydrogen-bond donors (Lipinski definition) is 2. The molecule has 9 heteroatoms. The number of aromatic nitrogens is 1. The van der Waals surface area contributed by atoms with Gasteiger partial charge < -0.3 is 14.8 Å². The average molecular weight is 446 g/mol. The quantitative estimate of drug-likeness (QED) is 0.546. The summed E-state index contributed by atoms with van der Waals surface area (Å²) in [5.74, 6) is -0.0456. The number of carbonyl (C=O) groups is 1. The van der Waals surface area contributed by atoms with Gasteiger partial charge in [-0.2, -0.15) is 0 Å². The zero-order valence-corrected chi connectivity index (χ0v) is 18.2. The van der Waals surface area contributed by atoms with E-state index in [0.717, 1.165) is 11.1 Å². The predicted molar refractivity (Wildman–Crippen MR) is 120 cm³/mol. The van der Waals surface area contributed by atoms with Crippen LogP contribution in [0.4, 0.5) is 9.52 Å². The molecule has 3 rings (SSSR count). The number of halogens is 1. The molecule has 0 atom stereocenters. The maximum atomic E-state index is 13.9. The minimum Gasteiger partial charge on any atom is -0.494 e. The van der Waals surface area contributed by atoms with Crippen molar-refractivity contribution in [2.24, 2.45) is 0 Å². The van der Waals surface area contributed by atoms with Crippen LogP contribution in [0.15, 0.2) is 41.8 Å². The Morgan fingerprint density at radius 3 is 2.67 bits per heavy atom. The average Bonchev–Trinajstić information content (AvgIpc) is 3.15. The van der Waals surface area contributed by atoms with Crippen LogP contribution in [0.3, 0.4) is 0 Å². The van der Waals surface area contributed by atoms with Gasteiger partial charge in [0.15, 0.2) is 28.4 Å². The molecule has 0 spiro atoms. The first-order valence-electron chi connectivity index (χ1n) is 8.96. The Kier molecular flexibility index (Phi) is 6.96. The van der Waals surface area contributed by atoms with Gasteiger partial charge in [-0.1, -0.05) is 17.7 Å². The smallest absolute Gasteiger partial charge is 0.264 e. The van der Waals surface area contributed by atoms with Crippen LogP contribution < -0.4 is 20.1 Å². The van der Waals surface area contributed by atoms with Crippen LogP contribution >= 0.6 is 23.6 Å². The summed E-state index contributed by atoms with van der Waals surface area (Å²) in [5, 5.41) is 7.74. The molecule has 0 saturated heterocycles. The first-order valence-corrected chi connectivity index (χ1v) is 10.2. The number of amides is 1. The van der Waals surface area contributed by atoms with E-state index in [2.05, 4.69) is 15.6 Å². The summed E-state index contributed by atoms with van der Waals surface area (Å²) in [4.78, 5) is 16.5. The lowest BCUT2D eigenvalue weighted by Crippen LogP contribution is -2.37. The van der Waals surface area contributed by atoms with Crippen molar-refractivity contribution in [3.8, 4) is 22.8 Å². The summed E-state index contributed by atoms with van der Waals surface area (Å²) in [6.07, 6.45) is 0. The molecule has 2 aromatic carbocycles. The number of methoxy groups -OCH3 is 1. The maximum absolute atomic E-state index is 13.9. The third-order valence-electron chi connectivity index (χ3n) is 4.11. The molecule has 0 saturated carbocycles. The van der Waals surface area contributed by atoms with Gasteiger partial charge in [0.1, 0.15) is 5.75 Å². The van der Waals surface area contributed by atoms with Gasteiger partial charge in [-0.05, 0) is 55.9 Å². The second-order valence-corrected chi connectivity index (χ2v) is 7.71.